The van der Waals surface area contributed by atoms with E-state index in [1.54, 1.807) is 0 Å². The van der Waals surface area contributed by atoms with Gasteiger partial charge >= 0.3 is 11.9 Å². The topological polar surface area (TPSA) is 113 Å². The molecule has 0 unspecified atom stereocenters. The second-order valence-electron chi connectivity index (χ2n) is 5.90. The van der Waals surface area contributed by atoms with E-state index in [-0.39, 0.29) is 36.4 Å². The van der Waals surface area contributed by atoms with Gasteiger partial charge in [0.2, 0.25) is 5.91 Å². The minimum absolute atomic E-state index is 0.0641. The van der Waals surface area contributed by atoms with Crippen molar-refractivity contribution in [3.8, 4) is 5.75 Å². The Morgan fingerprint density at radius 1 is 1.00 bits per heavy atom. The van der Waals surface area contributed by atoms with Crippen LogP contribution in [0.1, 0.15) is 35.2 Å². The highest BCUT2D eigenvalue weighted by Gasteiger charge is 2.15. The van der Waals surface area contributed by atoms with Crippen LogP contribution in [0.4, 0.5) is 5.69 Å². The molecule has 0 bridgehead atoms. The molecule has 2 aromatic carbocycles. The SMILES string of the molecule is O=C(O)CCC(=O)Nc1ccc(O)c(C(=O)OCCCc2ccccc2)c1. The van der Waals surface area contributed by atoms with Gasteiger partial charge in [0, 0.05) is 12.1 Å². The number of aryl methyl sites for hydroxylation is 1. The molecule has 0 atom stereocenters. The summed E-state index contributed by atoms with van der Waals surface area (Å²) >= 11 is 0. The van der Waals surface area contributed by atoms with E-state index in [1.165, 1.54) is 18.2 Å². The summed E-state index contributed by atoms with van der Waals surface area (Å²) in [7, 11) is 0. The zero-order chi connectivity index (χ0) is 19.6. The quantitative estimate of drug-likeness (QED) is 0.355. The monoisotopic (exact) mass is 371 g/mol. The van der Waals surface area contributed by atoms with Crippen molar-refractivity contribution >= 4 is 23.5 Å². The Kier molecular flexibility index (Phi) is 7.37. The molecule has 0 radical (unpaired) electrons. The van der Waals surface area contributed by atoms with Gasteiger partial charge in [0.15, 0.2) is 0 Å². The van der Waals surface area contributed by atoms with Crippen molar-refractivity contribution in [2.75, 3.05) is 11.9 Å². The largest absolute Gasteiger partial charge is 0.507 e. The van der Waals surface area contributed by atoms with E-state index < -0.39 is 17.8 Å². The molecule has 0 aromatic heterocycles. The zero-order valence-electron chi connectivity index (χ0n) is 14.7. The maximum atomic E-state index is 12.2. The molecule has 0 saturated carbocycles. The number of carboxylic acids is 1. The van der Waals surface area contributed by atoms with Gasteiger partial charge in [-0.25, -0.2) is 4.79 Å². The predicted molar refractivity (Wildman–Crippen MR) is 98.7 cm³/mol. The van der Waals surface area contributed by atoms with Crippen molar-refractivity contribution in [3.05, 3.63) is 59.7 Å². The number of aliphatic carboxylic acids is 1. The Balaban J connectivity index is 1.87. The highest BCUT2D eigenvalue weighted by atomic mass is 16.5. The summed E-state index contributed by atoms with van der Waals surface area (Å²) < 4.78 is 5.18. The number of phenolic OH excluding ortho intramolecular Hbond substituents is 1. The van der Waals surface area contributed by atoms with E-state index in [2.05, 4.69) is 5.32 Å². The number of anilines is 1. The third kappa shape index (κ3) is 6.81. The molecule has 0 saturated heterocycles. The number of phenols is 1. The van der Waals surface area contributed by atoms with E-state index in [0.29, 0.717) is 6.42 Å². The van der Waals surface area contributed by atoms with Crippen molar-refractivity contribution in [2.24, 2.45) is 0 Å². The zero-order valence-corrected chi connectivity index (χ0v) is 14.7. The van der Waals surface area contributed by atoms with Crippen LogP contribution in [-0.2, 0) is 20.7 Å². The normalized spacial score (nSPS) is 10.2. The molecule has 27 heavy (non-hydrogen) atoms. The molecule has 142 valence electrons. The minimum Gasteiger partial charge on any atom is -0.507 e. The van der Waals surface area contributed by atoms with Gasteiger partial charge in [-0.1, -0.05) is 30.3 Å². The molecule has 0 aliphatic rings. The number of hydrogen-bond donors (Lipinski definition) is 3. The number of nitrogens with one attached hydrogen (secondary N) is 1. The van der Waals surface area contributed by atoms with Gasteiger partial charge in [0.25, 0.3) is 0 Å². The first kappa shape index (κ1) is 20.0. The summed E-state index contributed by atoms with van der Waals surface area (Å²) in [6.45, 7) is 0.197. The maximum absolute atomic E-state index is 12.2. The van der Waals surface area contributed by atoms with Crippen LogP contribution in [0.25, 0.3) is 0 Å². The highest BCUT2D eigenvalue weighted by molar-refractivity contribution is 5.97. The Bertz CT molecular complexity index is 803. The summed E-state index contributed by atoms with van der Waals surface area (Å²) in [5.74, 6) is -2.52. The van der Waals surface area contributed by atoms with Gasteiger partial charge < -0.3 is 20.3 Å². The van der Waals surface area contributed by atoms with E-state index in [9.17, 15) is 19.5 Å². The minimum atomic E-state index is -1.07. The van der Waals surface area contributed by atoms with Crippen LogP contribution in [-0.4, -0.2) is 34.7 Å². The van der Waals surface area contributed by atoms with Crippen molar-refractivity contribution < 1.29 is 29.3 Å². The van der Waals surface area contributed by atoms with E-state index in [1.807, 2.05) is 30.3 Å². The number of ether oxygens (including phenoxy) is 1. The summed E-state index contributed by atoms with van der Waals surface area (Å²) in [6.07, 6.45) is 0.928. The van der Waals surface area contributed by atoms with Crippen LogP contribution < -0.4 is 5.32 Å². The number of carbonyl (C=O) groups excluding carboxylic acids is 2. The molecule has 0 fully saturated rings. The van der Waals surface area contributed by atoms with Crippen molar-refractivity contribution in [1.29, 1.82) is 0 Å². The van der Waals surface area contributed by atoms with Crippen LogP contribution in [0.5, 0.6) is 5.75 Å². The second kappa shape index (κ2) is 9.96. The summed E-state index contributed by atoms with van der Waals surface area (Å²) in [5, 5.41) is 20.9. The van der Waals surface area contributed by atoms with E-state index in [0.717, 1.165) is 12.0 Å². The fourth-order valence-corrected chi connectivity index (χ4v) is 2.38. The van der Waals surface area contributed by atoms with Gasteiger partial charge in [0.1, 0.15) is 11.3 Å². The summed E-state index contributed by atoms with van der Waals surface area (Å²) in [4.78, 5) is 34.3. The molecule has 0 aliphatic heterocycles. The van der Waals surface area contributed by atoms with Gasteiger partial charge in [-0.15, -0.1) is 0 Å². The number of hydrogen-bond acceptors (Lipinski definition) is 5. The van der Waals surface area contributed by atoms with Crippen LogP contribution >= 0.6 is 0 Å². The molecular formula is C20H21NO6. The molecule has 0 spiro atoms. The number of carbonyl (C=O) groups is 3. The lowest BCUT2D eigenvalue weighted by Crippen LogP contribution is -2.14. The van der Waals surface area contributed by atoms with Crippen LogP contribution in [0.3, 0.4) is 0 Å². The van der Waals surface area contributed by atoms with Crippen LogP contribution in [0, 0.1) is 0 Å². The van der Waals surface area contributed by atoms with Gasteiger partial charge in [0.05, 0.1) is 13.0 Å². The predicted octanol–water partition coefficient (Wildman–Crippen LogP) is 2.99. The first-order chi connectivity index (χ1) is 13.0. The molecule has 2 rings (SSSR count). The van der Waals surface area contributed by atoms with Gasteiger partial charge in [-0.05, 0) is 36.6 Å². The lowest BCUT2D eigenvalue weighted by Gasteiger charge is -2.09. The Morgan fingerprint density at radius 3 is 2.44 bits per heavy atom. The molecule has 0 aliphatic carbocycles. The molecule has 7 nitrogen and oxygen atoms in total. The maximum Gasteiger partial charge on any atom is 0.341 e. The number of carboxylic acid groups (broad SMARTS) is 1. The van der Waals surface area contributed by atoms with E-state index in [4.69, 9.17) is 9.84 Å². The van der Waals surface area contributed by atoms with Crippen molar-refractivity contribution in [3.63, 3.8) is 0 Å². The average molecular weight is 371 g/mol. The number of aromatic hydroxyl groups is 1. The standard InChI is InChI=1S/C20H21NO6/c22-17-9-8-15(21-18(23)10-11-19(24)25)13-16(17)20(26)27-12-4-7-14-5-2-1-3-6-14/h1-3,5-6,8-9,13,22H,4,7,10-12H2,(H,21,23)(H,24,25). The third-order valence-corrected chi connectivity index (χ3v) is 3.75. The summed E-state index contributed by atoms with van der Waals surface area (Å²) in [5.41, 5.74) is 1.35. The average Bonchev–Trinajstić information content (AvgIpc) is 2.66. The Hall–Kier alpha value is -3.35. The first-order valence-corrected chi connectivity index (χ1v) is 8.51. The van der Waals surface area contributed by atoms with Gasteiger partial charge in [-0.3, -0.25) is 9.59 Å². The number of rotatable bonds is 9. The number of benzene rings is 2. The fraction of sp³-hybridized carbons (Fsp3) is 0.250. The molecule has 0 heterocycles. The summed E-state index contributed by atoms with van der Waals surface area (Å²) in [6, 6.07) is 13.8. The Labute approximate surface area is 156 Å². The molecule has 7 heteroatoms. The number of amides is 1. The first-order valence-electron chi connectivity index (χ1n) is 8.51. The van der Waals surface area contributed by atoms with Crippen molar-refractivity contribution in [1.82, 2.24) is 0 Å². The number of esters is 1. The van der Waals surface area contributed by atoms with Crippen LogP contribution in [0.15, 0.2) is 48.5 Å². The smallest absolute Gasteiger partial charge is 0.341 e. The molecule has 3 N–H and O–H groups in total. The molecule has 1 amide bonds. The lowest BCUT2D eigenvalue weighted by atomic mass is 10.1. The van der Waals surface area contributed by atoms with Crippen molar-refractivity contribution in [2.45, 2.75) is 25.7 Å². The van der Waals surface area contributed by atoms with Gasteiger partial charge in [-0.2, -0.15) is 0 Å². The lowest BCUT2D eigenvalue weighted by molar-refractivity contribution is -0.138. The second-order valence-corrected chi connectivity index (χ2v) is 5.90. The third-order valence-electron chi connectivity index (χ3n) is 3.75. The fourth-order valence-electron chi connectivity index (χ4n) is 2.38. The molecular weight excluding hydrogens is 350 g/mol. The Morgan fingerprint density at radius 2 is 1.74 bits per heavy atom. The molecule has 2 aromatic rings. The highest BCUT2D eigenvalue weighted by Crippen LogP contribution is 2.22. The van der Waals surface area contributed by atoms with Crippen LogP contribution in [0.2, 0.25) is 0 Å². The van der Waals surface area contributed by atoms with E-state index >= 15 is 0 Å².